The molecule has 130 valence electrons. The standard InChI is InChI=1S/C18H25N3O2S/c1-6-7-21-16(10-22)19-20-18(21)24-14(5)17(23)15-9-12(3)11(2)8-13(15)4/h8-9,14,22H,6-7,10H2,1-5H3. The van der Waals surface area contributed by atoms with Gasteiger partial charge in [0.15, 0.2) is 16.8 Å². The quantitative estimate of drug-likeness (QED) is 0.613. The highest BCUT2D eigenvalue weighted by molar-refractivity contribution is 8.00. The van der Waals surface area contributed by atoms with E-state index >= 15 is 0 Å². The Balaban J connectivity index is 2.24. The zero-order valence-corrected chi connectivity index (χ0v) is 15.8. The number of aliphatic hydroxyl groups is 1. The number of thioether (sulfide) groups is 1. The second-order valence-electron chi connectivity index (χ2n) is 6.08. The Morgan fingerprint density at radius 3 is 2.50 bits per heavy atom. The predicted octanol–water partition coefficient (Wildman–Crippen LogP) is 3.47. The Bertz CT molecular complexity index is 740. The van der Waals surface area contributed by atoms with E-state index in [1.165, 1.54) is 17.3 Å². The van der Waals surface area contributed by atoms with Crippen LogP contribution in [0.3, 0.4) is 0 Å². The molecule has 0 fully saturated rings. The van der Waals surface area contributed by atoms with Gasteiger partial charge in [-0.3, -0.25) is 4.79 Å². The number of hydrogen-bond donors (Lipinski definition) is 1. The Morgan fingerprint density at radius 2 is 1.88 bits per heavy atom. The lowest BCUT2D eigenvalue weighted by Crippen LogP contribution is -2.16. The molecule has 1 aromatic heterocycles. The first-order valence-corrected chi connectivity index (χ1v) is 9.08. The number of aliphatic hydroxyl groups excluding tert-OH is 1. The molecular formula is C18H25N3O2S. The van der Waals surface area contributed by atoms with Gasteiger partial charge >= 0.3 is 0 Å². The van der Waals surface area contributed by atoms with Crippen LogP contribution < -0.4 is 0 Å². The number of benzene rings is 1. The van der Waals surface area contributed by atoms with Crippen molar-refractivity contribution in [3.05, 3.63) is 40.2 Å². The summed E-state index contributed by atoms with van der Waals surface area (Å²) in [5.74, 6) is 0.638. The molecule has 0 aliphatic heterocycles. The van der Waals surface area contributed by atoms with E-state index in [9.17, 15) is 9.90 Å². The molecule has 1 unspecified atom stereocenters. The largest absolute Gasteiger partial charge is 0.388 e. The molecule has 0 amide bonds. The van der Waals surface area contributed by atoms with Gasteiger partial charge in [-0.15, -0.1) is 10.2 Å². The maximum atomic E-state index is 12.9. The maximum absolute atomic E-state index is 12.9. The summed E-state index contributed by atoms with van der Waals surface area (Å²) < 4.78 is 1.89. The van der Waals surface area contributed by atoms with Gasteiger partial charge in [-0.05, 0) is 56.9 Å². The van der Waals surface area contributed by atoms with E-state index in [4.69, 9.17) is 0 Å². The second-order valence-corrected chi connectivity index (χ2v) is 7.39. The van der Waals surface area contributed by atoms with Gasteiger partial charge in [0.05, 0.1) is 5.25 Å². The molecule has 5 nitrogen and oxygen atoms in total. The molecule has 1 N–H and O–H groups in total. The smallest absolute Gasteiger partial charge is 0.191 e. The molecule has 1 aromatic carbocycles. The van der Waals surface area contributed by atoms with Gasteiger partial charge < -0.3 is 9.67 Å². The minimum atomic E-state index is -0.267. The zero-order valence-electron chi connectivity index (χ0n) is 15.0. The number of aromatic nitrogens is 3. The van der Waals surface area contributed by atoms with Gasteiger partial charge in [-0.2, -0.15) is 0 Å². The van der Waals surface area contributed by atoms with E-state index in [0.29, 0.717) is 11.0 Å². The summed E-state index contributed by atoms with van der Waals surface area (Å²) in [7, 11) is 0. The van der Waals surface area contributed by atoms with Crippen molar-refractivity contribution < 1.29 is 9.90 Å². The molecule has 0 aliphatic carbocycles. The fraction of sp³-hybridized carbons (Fsp3) is 0.500. The molecular weight excluding hydrogens is 322 g/mol. The first kappa shape index (κ1) is 18.7. The minimum absolute atomic E-state index is 0.0946. The predicted molar refractivity (Wildman–Crippen MR) is 96.5 cm³/mol. The van der Waals surface area contributed by atoms with Crippen LogP contribution in [0.4, 0.5) is 0 Å². The van der Waals surface area contributed by atoms with Crippen molar-refractivity contribution in [3.8, 4) is 0 Å². The first-order valence-electron chi connectivity index (χ1n) is 8.20. The van der Waals surface area contributed by atoms with Crippen molar-refractivity contribution in [3.63, 3.8) is 0 Å². The minimum Gasteiger partial charge on any atom is -0.388 e. The van der Waals surface area contributed by atoms with Crippen molar-refractivity contribution in [2.45, 2.75) is 64.6 Å². The van der Waals surface area contributed by atoms with Gasteiger partial charge in [0.2, 0.25) is 0 Å². The lowest BCUT2D eigenvalue weighted by molar-refractivity contribution is 0.0993. The third kappa shape index (κ3) is 3.87. The van der Waals surface area contributed by atoms with Crippen molar-refractivity contribution in [1.82, 2.24) is 14.8 Å². The van der Waals surface area contributed by atoms with E-state index in [2.05, 4.69) is 30.1 Å². The van der Waals surface area contributed by atoms with E-state index < -0.39 is 0 Å². The second kappa shape index (κ2) is 7.94. The molecule has 0 saturated heterocycles. The summed E-state index contributed by atoms with van der Waals surface area (Å²) in [6.07, 6.45) is 0.914. The summed E-state index contributed by atoms with van der Waals surface area (Å²) in [6.45, 7) is 10.6. The van der Waals surface area contributed by atoms with Crippen molar-refractivity contribution >= 4 is 17.5 Å². The number of aryl methyl sites for hydroxylation is 3. The average Bonchev–Trinajstić information content (AvgIpc) is 2.92. The van der Waals surface area contributed by atoms with Gasteiger partial charge in [0.1, 0.15) is 6.61 Å². The summed E-state index contributed by atoms with van der Waals surface area (Å²) >= 11 is 1.40. The van der Waals surface area contributed by atoms with Crippen LogP contribution in [0.25, 0.3) is 0 Å². The van der Waals surface area contributed by atoms with E-state index in [0.717, 1.165) is 29.7 Å². The fourth-order valence-electron chi connectivity index (χ4n) is 2.63. The third-order valence-electron chi connectivity index (χ3n) is 4.14. The highest BCUT2D eigenvalue weighted by Crippen LogP contribution is 2.27. The number of nitrogens with zero attached hydrogens (tertiary/aromatic N) is 3. The summed E-state index contributed by atoms with van der Waals surface area (Å²) in [4.78, 5) is 12.9. The molecule has 0 saturated carbocycles. The maximum Gasteiger partial charge on any atom is 0.191 e. The van der Waals surface area contributed by atoms with Crippen LogP contribution in [0.15, 0.2) is 17.3 Å². The van der Waals surface area contributed by atoms with Crippen LogP contribution in [0.2, 0.25) is 0 Å². The summed E-state index contributed by atoms with van der Waals surface area (Å²) in [5.41, 5.74) is 4.08. The SMILES string of the molecule is CCCn1c(CO)nnc1SC(C)C(=O)c1cc(C)c(C)cc1C. The van der Waals surface area contributed by atoms with Crippen LogP contribution in [-0.2, 0) is 13.2 Å². The lowest BCUT2D eigenvalue weighted by Gasteiger charge is -2.14. The van der Waals surface area contributed by atoms with Crippen LogP contribution in [0.1, 0.15) is 53.1 Å². The Morgan fingerprint density at radius 1 is 1.21 bits per heavy atom. The number of rotatable bonds is 7. The Kier molecular flexibility index (Phi) is 6.18. The molecule has 1 atom stereocenters. The Labute approximate surface area is 147 Å². The molecule has 24 heavy (non-hydrogen) atoms. The first-order chi connectivity index (χ1) is 11.4. The van der Waals surface area contributed by atoms with Crippen LogP contribution in [0.5, 0.6) is 0 Å². The van der Waals surface area contributed by atoms with Crippen LogP contribution >= 0.6 is 11.8 Å². The van der Waals surface area contributed by atoms with Gasteiger partial charge in [0, 0.05) is 12.1 Å². The molecule has 0 aliphatic rings. The van der Waals surface area contributed by atoms with Crippen molar-refractivity contribution in [1.29, 1.82) is 0 Å². The molecule has 6 heteroatoms. The Hall–Kier alpha value is -1.66. The number of carbonyl (C=O) groups is 1. The highest BCUT2D eigenvalue weighted by Gasteiger charge is 2.22. The molecule has 0 spiro atoms. The van der Waals surface area contributed by atoms with E-state index in [-0.39, 0.29) is 17.6 Å². The van der Waals surface area contributed by atoms with Gasteiger partial charge in [0.25, 0.3) is 0 Å². The highest BCUT2D eigenvalue weighted by atomic mass is 32.2. The lowest BCUT2D eigenvalue weighted by atomic mass is 9.97. The molecule has 1 heterocycles. The molecule has 2 aromatic rings. The number of Topliss-reactive ketones (excluding diaryl/α,β-unsaturated/α-hetero) is 1. The fourth-order valence-corrected chi connectivity index (χ4v) is 3.59. The zero-order chi connectivity index (χ0) is 17.9. The molecule has 0 bridgehead atoms. The van der Waals surface area contributed by atoms with Crippen LogP contribution in [-0.4, -0.2) is 30.9 Å². The summed E-state index contributed by atoms with van der Waals surface area (Å²) in [5, 5.41) is 17.9. The van der Waals surface area contributed by atoms with Crippen LogP contribution in [0, 0.1) is 20.8 Å². The normalized spacial score (nSPS) is 12.4. The van der Waals surface area contributed by atoms with Crippen molar-refractivity contribution in [2.75, 3.05) is 0 Å². The van der Waals surface area contributed by atoms with Crippen molar-refractivity contribution in [2.24, 2.45) is 0 Å². The number of hydrogen-bond acceptors (Lipinski definition) is 5. The average molecular weight is 347 g/mol. The molecule has 2 rings (SSSR count). The topological polar surface area (TPSA) is 68.0 Å². The summed E-state index contributed by atoms with van der Waals surface area (Å²) in [6, 6.07) is 4.03. The number of ketones is 1. The molecule has 0 radical (unpaired) electrons. The number of carbonyl (C=O) groups excluding carboxylic acids is 1. The van der Waals surface area contributed by atoms with E-state index in [1.54, 1.807) is 0 Å². The van der Waals surface area contributed by atoms with Gasteiger partial charge in [-0.1, -0.05) is 24.8 Å². The monoisotopic (exact) mass is 347 g/mol. The van der Waals surface area contributed by atoms with Gasteiger partial charge in [-0.25, -0.2) is 0 Å². The van der Waals surface area contributed by atoms with E-state index in [1.807, 2.05) is 31.4 Å². The third-order valence-corrected chi connectivity index (χ3v) is 5.22.